The third-order valence-corrected chi connectivity index (χ3v) is 5.71. The third kappa shape index (κ3) is 4.59. The quantitative estimate of drug-likeness (QED) is 0.820. The molecule has 1 aliphatic rings. The second-order valence-corrected chi connectivity index (χ2v) is 8.11. The molecule has 0 aliphatic carbocycles. The predicted octanol–water partition coefficient (Wildman–Crippen LogP) is 1.16. The molecule has 1 saturated heterocycles. The molecule has 2 rings (SSSR count). The average molecular weight is 299 g/mol. The molecule has 1 N–H and O–H groups in total. The summed E-state index contributed by atoms with van der Waals surface area (Å²) in [6, 6.07) is 0.345. The molecule has 2 heterocycles. The Bertz CT molecular complexity index is 524. The van der Waals surface area contributed by atoms with Crippen LogP contribution in [-0.4, -0.2) is 42.3 Å². The number of aryl methyl sites for hydroxylation is 1. The maximum absolute atomic E-state index is 11.6. The molecular weight excluding hydrogens is 274 g/mol. The Balaban J connectivity index is 1.93. The van der Waals surface area contributed by atoms with Crippen LogP contribution >= 0.6 is 0 Å². The first-order valence-electron chi connectivity index (χ1n) is 7.40. The highest BCUT2D eigenvalue weighted by molar-refractivity contribution is 7.91. The Morgan fingerprint density at radius 1 is 1.55 bits per heavy atom. The largest absolute Gasteiger partial charge is 0.314 e. The van der Waals surface area contributed by atoms with E-state index in [0.717, 1.165) is 32.2 Å². The number of nitrogens with zero attached hydrogens (tertiary/aromatic N) is 2. The van der Waals surface area contributed by atoms with Gasteiger partial charge in [0.1, 0.15) is 0 Å². The van der Waals surface area contributed by atoms with Crippen molar-refractivity contribution in [2.24, 2.45) is 13.0 Å². The maximum Gasteiger partial charge on any atom is 0.150 e. The average Bonchev–Trinajstić information content (AvgIpc) is 2.92. The van der Waals surface area contributed by atoms with E-state index in [9.17, 15) is 8.42 Å². The Hall–Kier alpha value is -0.880. The lowest BCUT2D eigenvalue weighted by atomic mass is 9.95. The van der Waals surface area contributed by atoms with E-state index in [1.54, 1.807) is 0 Å². The highest BCUT2D eigenvalue weighted by atomic mass is 32.2. The van der Waals surface area contributed by atoms with Crippen LogP contribution in [0.1, 0.15) is 31.7 Å². The summed E-state index contributed by atoms with van der Waals surface area (Å²) in [6.45, 7) is 3.12. The minimum atomic E-state index is -2.77. The molecule has 20 heavy (non-hydrogen) atoms. The number of rotatable bonds is 7. The van der Waals surface area contributed by atoms with Gasteiger partial charge >= 0.3 is 0 Å². The molecular formula is C14H25N3O2S. The van der Waals surface area contributed by atoms with Gasteiger partial charge in [-0.3, -0.25) is 4.68 Å². The fourth-order valence-corrected chi connectivity index (χ4v) is 4.79. The van der Waals surface area contributed by atoms with Crippen LogP contribution in [0.25, 0.3) is 0 Å². The SMILES string of the molecule is CCCNC(Cc1cnn(C)c1)CC1CCS(=O)(=O)C1. The van der Waals surface area contributed by atoms with Gasteiger partial charge in [-0.1, -0.05) is 6.92 Å². The van der Waals surface area contributed by atoms with Gasteiger partial charge in [0, 0.05) is 19.3 Å². The first-order valence-corrected chi connectivity index (χ1v) is 9.22. The molecule has 6 heteroatoms. The smallest absolute Gasteiger partial charge is 0.150 e. The van der Waals surface area contributed by atoms with Crippen LogP contribution in [0.3, 0.4) is 0 Å². The summed E-state index contributed by atoms with van der Waals surface area (Å²) >= 11 is 0. The van der Waals surface area contributed by atoms with Gasteiger partial charge in [-0.15, -0.1) is 0 Å². The summed E-state index contributed by atoms with van der Waals surface area (Å²) in [5.74, 6) is 1.04. The van der Waals surface area contributed by atoms with Crippen molar-refractivity contribution in [3.05, 3.63) is 18.0 Å². The van der Waals surface area contributed by atoms with Crippen LogP contribution in [0, 0.1) is 5.92 Å². The van der Waals surface area contributed by atoms with E-state index < -0.39 is 9.84 Å². The zero-order valence-electron chi connectivity index (χ0n) is 12.4. The van der Waals surface area contributed by atoms with Gasteiger partial charge in [0.2, 0.25) is 0 Å². The second kappa shape index (κ2) is 6.72. The van der Waals surface area contributed by atoms with E-state index in [1.165, 1.54) is 5.56 Å². The van der Waals surface area contributed by atoms with Gasteiger partial charge < -0.3 is 5.32 Å². The molecule has 1 aromatic rings. The monoisotopic (exact) mass is 299 g/mol. The number of sulfone groups is 1. The predicted molar refractivity (Wildman–Crippen MR) is 80.4 cm³/mol. The zero-order valence-corrected chi connectivity index (χ0v) is 13.2. The van der Waals surface area contributed by atoms with Crippen LogP contribution in [-0.2, 0) is 23.3 Å². The number of hydrogen-bond donors (Lipinski definition) is 1. The summed E-state index contributed by atoms with van der Waals surface area (Å²) in [4.78, 5) is 0. The molecule has 114 valence electrons. The Kier molecular flexibility index (Phi) is 5.21. The lowest BCUT2D eigenvalue weighted by Crippen LogP contribution is -2.34. The Morgan fingerprint density at radius 3 is 2.90 bits per heavy atom. The molecule has 0 aromatic carbocycles. The van der Waals surface area contributed by atoms with Gasteiger partial charge in [0.05, 0.1) is 17.7 Å². The number of hydrogen-bond acceptors (Lipinski definition) is 4. The van der Waals surface area contributed by atoms with Crippen LogP contribution in [0.5, 0.6) is 0 Å². The van der Waals surface area contributed by atoms with Crippen LogP contribution < -0.4 is 5.32 Å². The van der Waals surface area contributed by atoms with Crippen molar-refractivity contribution in [2.45, 2.75) is 38.6 Å². The molecule has 0 spiro atoms. The number of nitrogens with one attached hydrogen (secondary N) is 1. The fourth-order valence-electron chi connectivity index (χ4n) is 2.91. The third-order valence-electron chi connectivity index (χ3n) is 3.87. The molecule has 1 aromatic heterocycles. The van der Waals surface area contributed by atoms with Crippen molar-refractivity contribution in [1.82, 2.24) is 15.1 Å². The van der Waals surface area contributed by atoms with E-state index >= 15 is 0 Å². The van der Waals surface area contributed by atoms with Crippen molar-refractivity contribution >= 4 is 9.84 Å². The zero-order chi connectivity index (χ0) is 14.6. The molecule has 5 nitrogen and oxygen atoms in total. The van der Waals surface area contributed by atoms with Gasteiger partial charge in [-0.2, -0.15) is 5.10 Å². The lowest BCUT2D eigenvalue weighted by molar-refractivity contribution is 0.402. The summed E-state index contributed by atoms with van der Waals surface area (Å²) in [5.41, 5.74) is 1.21. The molecule has 0 saturated carbocycles. The van der Waals surface area contributed by atoms with Gasteiger partial charge in [-0.05, 0) is 43.7 Å². The minimum Gasteiger partial charge on any atom is -0.314 e. The normalized spacial score (nSPS) is 23.0. The Morgan fingerprint density at radius 2 is 2.35 bits per heavy atom. The van der Waals surface area contributed by atoms with E-state index in [-0.39, 0.29) is 0 Å². The van der Waals surface area contributed by atoms with Crippen molar-refractivity contribution in [3.8, 4) is 0 Å². The van der Waals surface area contributed by atoms with Crippen LogP contribution in [0.4, 0.5) is 0 Å². The molecule has 1 fully saturated rings. The summed E-state index contributed by atoms with van der Waals surface area (Å²) < 4.78 is 24.9. The summed E-state index contributed by atoms with van der Waals surface area (Å²) in [7, 11) is -0.856. The van der Waals surface area contributed by atoms with E-state index in [4.69, 9.17) is 0 Å². The van der Waals surface area contributed by atoms with Crippen LogP contribution in [0.2, 0.25) is 0 Å². The highest BCUT2D eigenvalue weighted by Gasteiger charge is 2.29. The summed E-state index contributed by atoms with van der Waals surface area (Å²) in [5, 5.41) is 7.75. The lowest BCUT2D eigenvalue weighted by Gasteiger charge is -2.20. The topological polar surface area (TPSA) is 64.0 Å². The fraction of sp³-hybridized carbons (Fsp3) is 0.786. The van der Waals surface area contributed by atoms with Crippen LogP contribution in [0.15, 0.2) is 12.4 Å². The Labute approximate surface area is 121 Å². The van der Waals surface area contributed by atoms with Gasteiger partial charge in [-0.25, -0.2) is 8.42 Å². The van der Waals surface area contributed by atoms with Crippen molar-refractivity contribution in [1.29, 1.82) is 0 Å². The van der Waals surface area contributed by atoms with E-state index in [2.05, 4.69) is 17.3 Å². The number of aromatic nitrogens is 2. The first kappa shape index (κ1) is 15.5. The standard InChI is InChI=1S/C14H25N3O2S/c1-3-5-15-14(8-13-9-16-17(2)10-13)7-12-4-6-20(18,19)11-12/h9-10,12,14-15H,3-8,11H2,1-2H3. The summed E-state index contributed by atoms with van der Waals surface area (Å²) in [6.07, 6.45) is 7.70. The van der Waals surface area contributed by atoms with E-state index in [0.29, 0.717) is 23.5 Å². The maximum atomic E-state index is 11.6. The molecule has 2 atom stereocenters. The van der Waals surface area contributed by atoms with Crippen molar-refractivity contribution in [2.75, 3.05) is 18.1 Å². The minimum absolute atomic E-state index is 0.311. The molecule has 0 bridgehead atoms. The van der Waals surface area contributed by atoms with Gasteiger partial charge in [0.15, 0.2) is 9.84 Å². The van der Waals surface area contributed by atoms with Crippen molar-refractivity contribution in [3.63, 3.8) is 0 Å². The molecule has 1 aliphatic heterocycles. The highest BCUT2D eigenvalue weighted by Crippen LogP contribution is 2.24. The molecule has 0 amide bonds. The second-order valence-electron chi connectivity index (χ2n) is 5.88. The first-order chi connectivity index (χ1) is 9.48. The molecule has 0 radical (unpaired) electrons. The van der Waals surface area contributed by atoms with Crippen molar-refractivity contribution < 1.29 is 8.42 Å². The van der Waals surface area contributed by atoms with Gasteiger partial charge in [0.25, 0.3) is 0 Å². The van der Waals surface area contributed by atoms with E-state index in [1.807, 2.05) is 24.1 Å². The molecule has 2 unspecified atom stereocenters.